The van der Waals surface area contributed by atoms with Crippen LogP contribution in [0.1, 0.15) is 30.4 Å². The molecule has 1 aliphatic rings. The third-order valence-corrected chi connectivity index (χ3v) is 5.72. The summed E-state index contributed by atoms with van der Waals surface area (Å²) in [6.45, 7) is 1.91. The Morgan fingerprint density at radius 2 is 2.20 bits per heavy atom. The topological polar surface area (TPSA) is 64.8 Å². The molecule has 0 saturated carbocycles. The molecule has 0 amide bonds. The van der Waals surface area contributed by atoms with Crippen molar-refractivity contribution in [1.82, 2.24) is 14.5 Å². The van der Waals surface area contributed by atoms with Crippen LogP contribution >= 0.6 is 11.6 Å². The van der Waals surface area contributed by atoms with E-state index in [1.54, 1.807) is 0 Å². The third kappa shape index (κ3) is 2.42. The highest BCUT2D eigenvalue weighted by Crippen LogP contribution is 2.29. The van der Waals surface area contributed by atoms with E-state index in [-0.39, 0.29) is 23.4 Å². The molecule has 3 rings (SSSR count). The first kappa shape index (κ1) is 13.8. The second kappa shape index (κ2) is 5.00. The summed E-state index contributed by atoms with van der Waals surface area (Å²) >= 11 is 5.97. The molecule has 0 bridgehead atoms. The van der Waals surface area contributed by atoms with Crippen molar-refractivity contribution >= 4 is 32.6 Å². The smallest absolute Gasteiger partial charge is 0.160 e. The van der Waals surface area contributed by atoms with Crippen LogP contribution in [-0.2, 0) is 15.7 Å². The summed E-state index contributed by atoms with van der Waals surface area (Å²) in [7, 11) is -2.98. The van der Waals surface area contributed by atoms with Gasteiger partial charge in [-0.3, -0.25) is 0 Å². The van der Waals surface area contributed by atoms with Crippen LogP contribution in [0.15, 0.2) is 12.1 Å². The van der Waals surface area contributed by atoms with Gasteiger partial charge in [-0.25, -0.2) is 18.4 Å². The van der Waals surface area contributed by atoms with Crippen molar-refractivity contribution in [3.05, 3.63) is 23.7 Å². The molecule has 1 fully saturated rings. The molecule has 5 nitrogen and oxygen atoms in total. The van der Waals surface area contributed by atoms with Gasteiger partial charge in [0.1, 0.15) is 11.3 Å². The summed E-state index contributed by atoms with van der Waals surface area (Å²) in [6, 6.07) is 3.69. The van der Waals surface area contributed by atoms with Crippen LogP contribution in [0.25, 0.3) is 11.2 Å². The Balaban J connectivity index is 2.16. The van der Waals surface area contributed by atoms with Gasteiger partial charge in [0, 0.05) is 5.69 Å². The lowest BCUT2D eigenvalue weighted by Crippen LogP contribution is -2.28. The number of nitrogens with zero attached hydrogens (tertiary/aromatic N) is 3. The summed E-state index contributed by atoms with van der Waals surface area (Å²) in [5.74, 6) is 1.38. The standard InChI is InChI=1S/C13H16ClN3O2S/c1-9-4-5-11-13(15-9)17(12(7-14)16-11)10-3-2-6-20(18,19)8-10/h4-5,10H,2-3,6-8H2,1H3. The number of aromatic nitrogens is 3. The van der Waals surface area contributed by atoms with E-state index in [9.17, 15) is 8.42 Å². The molecular weight excluding hydrogens is 298 g/mol. The van der Waals surface area contributed by atoms with Gasteiger partial charge in [0.05, 0.1) is 23.4 Å². The predicted octanol–water partition coefficient (Wildman–Crippen LogP) is 2.23. The fourth-order valence-electron chi connectivity index (χ4n) is 2.80. The van der Waals surface area contributed by atoms with Crippen LogP contribution in [0.3, 0.4) is 0 Å². The molecule has 1 aliphatic heterocycles. The first-order valence-electron chi connectivity index (χ1n) is 6.61. The minimum atomic E-state index is -2.98. The molecule has 2 aromatic rings. The van der Waals surface area contributed by atoms with Gasteiger partial charge < -0.3 is 4.57 Å². The molecule has 1 atom stereocenters. The van der Waals surface area contributed by atoms with Gasteiger partial charge in [0.25, 0.3) is 0 Å². The summed E-state index contributed by atoms with van der Waals surface area (Å²) in [6.07, 6.45) is 1.50. The van der Waals surface area contributed by atoms with E-state index in [1.165, 1.54) is 0 Å². The lowest BCUT2D eigenvalue weighted by Gasteiger charge is -2.24. The van der Waals surface area contributed by atoms with E-state index in [1.807, 2.05) is 23.6 Å². The number of aryl methyl sites for hydroxylation is 1. The number of imidazole rings is 1. The maximum absolute atomic E-state index is 11.9. The van der Waals surface area contributed by atoms with Gasteiger partial charge in [-0.05, 0) is 31.9 Å². The van der Waals surface area contributed by atoms with E-state index < -0.39 is 9.84 Å². The normalized spacial score (nSPS) is 22.2. The number of alkyl halides is 1. The Labute approximate surface area is 122 Å². The largest absolute Gasteiger partial charge is 0.308 e. The number of rotatable bonds is 2. The molecule has 108 valence electrons. The van der Waals surface area contributed by atoms with Crippen LogP contribution in [0.2, 0.25) is 0 Å². The molecule has 1 unspecified atom stereocenters. The molecule has 0 aliphatic carbocycles. The monoisotopic (exact) mass is 313 g/mol. The fourth-order valence-corrected chi connectivity index (χ4v) is 4.66. The number of pyridine rings is 1. The zero-order valence-electron chi connectivity index (χ0n) is 11.2. The molecule has 0 N–H and O–H groups in total. The van der Waals surface area contributed by atoms with E-state index >= 15 is 0 Å². The number of halogens is 1. The SMILES string of the molecule is Cc1ccc2nc(CCl)n(C3CCCS(=O)(=O)C3)c2n1. The van der Waals surface area contributed by atoms with Crippen molar-refractivity contribution in [3.8, 4) is 0 Å². The van der Waals surface area contributed by atoms with E-state index in [4.69, 9.17) is 11.6 Å². The highest BCUT2D eigenvalue weighted by atomic mass is 35.5. The van der Waals surface area contributed by atoms with E-state index in [0.29, 0.717) is 12.2 Å². The molecule has 3 heterocycles. The van der Waals surface area contributed by atoms with Crippen molar-refractivity contribution in [2.75, 3.05) is 11.5 Å². The van der Waals surface area contributed by atoms with Crippen LogP contribution in [0.4, 0.5) is 0 Å². The second-order valence-corrected chi connectivity index (χ2v) is 7.73. The molecule has 1 saturated heterocycles. The number of fused-ring (bicyclic) bond motifs is 1. The summed E-state index contributed by atoms with van der Waals surface area (Å²) in [4.78, 5) is 8.98. The Hall–Kier alpha value is -1.14. The van der Waals surface area contributed by atoms with Gasteiger partial charge in [-0.2, -0.15) is 0 Å². The zero-order chi connectivity index (χ0) is 14.3. The first-order valence-corrected chi connectivity index (χ1v) is 8.96. The second-order valence-electron chi connectivity index (χ2n) is 5.24. The van der Waals surface area contributed by atoms with Crippen molar-refractivity contribution in [3.63, 3.8) is 0 Å². The van der Waals surface area contributed by atoms with Crippen molar-refractivity contribution < 1.29 is 8.42 Å². The quantitative estimate of drug-likeness (QED) is 0.798. The van der Waals surface area contributed by atoms with Crippen LogP contribution in [0.5, 0.6) is 0 Å². The van der Waals surface area contributed by atoms with Crippen molar-refractivity contribution in [2.24, 2.45) is 0 Å². The molecule has 0 aromatic carbocycles. The van der Waals surface area contributed by atoms with Crippen molar-refractivity contribution in [2.45, 2.75) is 31.7 Å². The molecule has 2 aromatic heterocycles. The Kier molecular flexibility index (Phi) is 3.46. The maximum atomic E-state index is 11.9. The molecule has 0 radical (unpaired) electrons. The zero-order valence-corrected chi connectivity index (χ0v) is 12.8. The summed E-state index contributed by atoms with van der Waals surface area (Å²) in [5.41, 5.74) is 2.40. The van der Waals surface area contributed by atoms with E-state index in [2.05, 4.69) is 9.97 Å². The van der Waals surface area contributed by atoms with Gasteiger partial charge in [0.2, 0.25) is 0 Å². The summed E-state index contributed by atoms with van der Waals surface area (Å²) in [5, 5.41) is 0. The molecule has 0 spiro atoms. The predicted molar refractivity (Wildman–Crippen MR) is 78.7 cm³/mol. The lowest BCUT2D eigenvalue weighted by molar-refractivity contribution is 0.469. The average molecular weight is 314 g/mol. The van der Waals surface area contributed by atoms with Gasteiger partial charge in [0.15, 0.2) is 15.5 Å². The van der Waals surface area contributed by atoms with Gasteiger partial charge >= 0.3 is 0 Å². The number of hydrogen-bond acceptors (Lipinski definition) is 4. The number of sulfone groups is 1. The lowest BCUT2D eigenvalue weighted by atomic mass is 10.2. The average Bonchev–Trinajstić information content (AvgIpc) is 2.75. The van der Waals surface area contributed by atoms with Crippen LogP contribution in [-0.4, -0.2) is 34.5 Å². The Bertz CT molecular complexity index is 754. The van der Waals surface area contributed by atoms with Gasteiger partial charge in [-0.15, -0.1) is 11.6 Å². The van der Waals surface area contributed by atoms with E-state index in [0.717, 1.165) is 23.3 Å². The molecule has 20 heavy (non-hydrogen) atoms. The third-order valence-electron chi connectivity index (χ3n) is 3.67. The van der Waals surface area contributed by atoms with Crippen molar-refractivity contribution in [1.29, 1.82) is 0 Å². The maximum Gasteiger partial charge on any atom is 0.160 e. The Morgan fingerprint density at radius 1 is 1.40 bits per heavy atom. The molecular formula is C13H16ClN3O2S. The minimum Gasteiger partial charge on any atom is -0.308 e. The van der Waals surface area contributed by atoms with Gasteiger partial charge in [-0.1, -0.05) is 0 Å². The highest BCUT2D eigenvalue weighted by molar-refractivity contribution is 7.91. The number of hydrogen-bond donors (Lipinski definition) is 0. The van der Waals surface area contributed by atoms with Crippen LogP contribution in [0, 0.1) is 6.92 Å². The Morgan fingerprint density at radius 3 is 2.90 bits per heavy atom. The summed E-state index contributed by atoms with van der Waals surface area (Å²) < 4.78 is 25.7. The fraction of sp³-hybridized carbons (Fsp3) is 0.538. The minimum absolute atomic E-state index is 0.109. The highest BCUT2D eigenvalue weighted by Gasteiger charge is 2.29. The van der Waals surface area contributed by atoms with Crippen LogP contribution < -0.4 is 0 Å². The molecule has 7 heteroatoms. The first-order chi connectivity index (χ1) is 9.50.